The zero-order chi connectivity index (χ0) is 24.1. The molecule has 0 saturated carbocycles. The van der Waals surface area contributed by atoms with Crippen LogP contribution in [0.5, 0.6) is 0 Å². The molecular formula is C25H25F3N4OS. The molecule has 1 atom stereocenters. The highest BCUT2D eigenvalue weighted by Gasteiger charge is 2.34. The molecule has 0 unspecified atom stereocenters. The van der Waals surface area contributed by atoms with E-state index in [4.69, 9.17) is 0 Å². The number of thioether (sulfide) groups is 1. The summed E-state index contributed by atoms with van der Waals surface area (Å²) in [6, 6.07) is 19.7. The summed E-state index contributed by atoms with van der Waals surface area (Å²) in [4.78, 5) is 25.1. The molecule has 2 aromatic carbocycles. The molecule has 1 aliphatic heterocycles. The van der Waals surface area contributed by atoms with Crippen molar-refractivity contribution in [2.75, 3.05) is 26.2 Å². The molecule has 178 valence electrons. The Bertz CT molecular complexity index is 1100. The maximum absolute atomic E-state index is 13.5. The standard InChI is InChI=1S/C25H25F3N4OS/c1-18(23(33)32-14-12-31(13-15-32)17-19-8-4-2-5-9-19)34-24-29-21(20-10-6-3-7-11-20)16-22(30-24)25(26,27)28/h2-11,16,18H,12-15,17H2,1H3/t18-/m0/s1. The van der Waals surface area contributed by atoms with Gasteiger partial charge in [-0.05, 0) is 18.6 Å². The molecule has 0 aliphatic carbocycles. The third kappa shape index (κ3) is 6.15. The minimum atomic E-state index is -4.61. The second-order valence-electron chi connectivity index (χ2n) is 8.13. The minimum absolute atomic E-state index is 0.0581. The van der Waals surface area contributed by atoms with Crippen LogP contribution in [0, 0.1) is 0 Å². The number of halogens is 3. The van der Waals surface area contributed by atoms with E-state index < -0.39 is 17.1 Å². The predicted molar refractivity (Wildman–Crippen MR) is 126 cm³/mol. The summed E-state index contributed by atoms with van der Waals surface area (Å²) in [5.41, 5.74) is 0.950. The number of hydrogen-bond donors (Lipinski definition) is 0. The number of piperazine rings is 1. The Hall–Kier alpha value is -2.91. The van der Waals surface area contributed by atoms with Gasteiger partial charge in [-0.25, -0.2) is 9.97 Å². The molecule has 2 heterocycles. The Balaban J connectivity index is 1.42. The number of nitrogens with zero attached hydrogens (tertiary/aromatic N) is 4. The lowest BCUT2D eigenvalue weighted by Gasteiger charge is -2.35. The molecule has 1 aliphatic rings. The Kier molecular flexibility index (Phi) is 7.53. The van der Waals surface area contributed by atoms with Crippen LogP contribution in [0.15, 0.2) is 71.9 Å². The van der Waals surface area contributed by atoms with E-state index in [1.54, 1.807) is 42.2 Å². The smallest absolute Gasteiger partial charge is 0.339 e. The van der Waals surface area contributed by atoms with Crippen molar-refractivity contribution in [3.63, 3.8) is 0 Å². The van der Waals surface area contributed by atoms with Crippen LogP contribution in [0.3, 0.4) is 0 Å². The maximum Gasteiger partial charge on any atom is 0.433 e. The molecule has 0 N–H and O–H groups in total. The summed E-state index contributed by atoms with van der Waals surface area (Å²) >= 11 is 0.961. The van der Waals surface area contributed by atoms with Crippen molar-refractivity contribution in [3.05, 3.63) is 78.0 Å². The zero-order valence-electron chi connectivity index (χ0n) is 18.7. The van der Waals surface area contributed by atoms with Crippen LogP contribution in [-0.2, 0) is 17.5 Å². The lowest BCUT2D eigenvalue weighted by atomic mass is 10.1. The van der Waals surface area contributed by atoms with Crippen molar-refractivity contribution in [2.24, 2.45) is 0 Å². The largest absolute Gasteiger partial charge is 0.433 e. The molecule has 0 spiro atoms. The summed E-state index contributed by atoms with van der Waals surface area (Å²) in [5.74, 6) is -0.119. The van der Waals surface area contributed by atoms with Gasteiger partial charge in [0.05, 0.1) is 10.9 Å². The molecule has 5 nitrogen and oxygen atoms in total. The van der Waals surface area contributed by atoms with Gasteiger partial charge in [-0.15, -0.1) is 0 Å². The van der Waals surface area contributed by atoms with E-state index in [2.05, 4.69) is 27.0 Å². The van der Waals surface area contributed by atoms with Crippen molar-refractivity contribution < 1.29 is 18.0 Å². The van der Waals surface area contributed by atoms with E-state index in [1.165, 1.54) is 5.56 Å². The summed E-state index contributed by atoms with van der Waals surface area (Å²) in [5, 5.41) is -0.662. The molecular weight excluding hydrogens is 461 g/mol. The summed E-state index contributed by atoms with van der Waals surface area (Å²) < 4.78 is 40.4. The number of aromatic nitrogens is 2. The number of benzene rings is 2. The van der Waals surface area contributed by atoms with Crippen molar-refractivity contribution in [1.29, 1.82) is 0 Å². The number of rotatable bonds is 6. The average molecular weight is 487 g/mol. The van der Waals surface area contributed by atoms with Gasteiger partial charge in [0.2, 0.25) is 5.91 Å². The number of carbonyl (C=O) groups is 1. The van der Waals surface area contributed by atoms with E-state index >= 15 is 0 Å². The van der Waals surface area contributed by atoms with Gasteiger partial charge in [0, 0.05) is 38.3 Å². The molecule has 34 heavy (non-hydrogen) atoms. The summed E-state index contributed by atoms with van der Waals surface area (Å²) in [6.45, 7) is 5.17. The molecule has 1 saturated heterocycles. The Morgan fingerprint density at radius 3 is 2.21 bits per heavy atom. The lowest BCUT2D eigenvalue weighted by Crippen LogP contribution is -2.50. The van der Waals surface area contributed by atoms with Gasteiger partial charge in [-0.2, -0.15) is 13.2 Å². The monoisotopic (exact) mass is 486 g/mol. The molecule has 0 radical (unpaired) electrons. The van der Waals surface area contributed by atoms with Crippen molar-refractivity contribution in [2.45, 2.75) is 30.1 Å². The van der Waals surface area contributed by atoms with Crippen LogP contribution in [-0.4, -0.2) is 57.1 Å². The first-order valence-corrected chi connectivity index (χ1v) is 11.9. The molecule has 1 aromatic heterocycles. The van der Waals surface area contributed by atoms with Crippen LogP contribution in [0.25, 0.3) is 11.3 Å². The van der Waals surface area contributed by atoms with E-state index in [9.17, 15) is 18.0 Å². The third-order valence-electron chi connectivity index (χ3n) is 5.63. The van der Waals surface area contributed by atoms with Crippen LogP contribution in [0.1, 0.15) is 18.2 Å². The summed E-state index contributed by atoms with van der Waals surface area (Å²) in [6.07, 6.45) is -4.61. The fourth-order valence-corrected chi connectivity index (χ4v) is 4.68. The van der Waals surface area contributed by atoms with Gasteiger partial charge in [0.15, 0.2) is 5.16 Å². The number of amides is 1. The second-order valence-corrected chi connectivity index (χ2v) is 9.44. The molecule has 1 amide bonds. The first-order valence-electron chi connectivity index (χ1n) is 11.0. The fourth-order valence-electron chi connectivity index (χ4n) is 3.81. The Labute approximate surface area is 201 Å². The highest BCUT2D eigenvalue weighted by atomic mass is 32.2. The highest BCUT2D eigenvalue weighted by molar-refractivity contribution is 8.00. The van der Waals surface area contributed by atoms with Gasteiger partial charge in [0.1, 0.15) is 5.69 Å². The SMILES string of the molecule is C[C@H](Sc1nc(-c2ccccc2)cc(C(F)(F)F)n1)C(=O)N1CCN(Cc2ccccc2)CC1. The topological polar surface area (TPSA) is 49.3 Å². The first-order chi connectivity index (χ1) is 16.3. The quantitative estimate of drug-likeness (QED) is 0.363. The molecule has 3 aromatic rings. The number of carbonyl (C=O) groups excluding carboxylic acids is 1. The molecule has 1 fully saturated rings. The number of alkyl halides is 3. The first kappa shape index (κ1) is 24.2. The van der Waals surface area contributed by atoms with Crippen molar-refractivity contribution in [3.8, 4) is 11.3 Å². The Morgan fingerprint density at radius 2 is 1.59 bits per heavy atom. The third-order valence-corrected chi connectivity index (χ3v) is 6.58. The van der Waals surface area contributed by atoms with Gasteiger partial charge in [-0.1, -0.05) is 72.4 Å². The van der Waals surface area contributed by atoms with Crippen LogP contribution in [0.4, 0.5) is 13.2 Å². The molecule has 9 heteroatoms. The van der Waals surface area contributed by atoms with Crippen molar-refractivity contribution in [1.82, 2.24) is 19.8 Å². The second kappa shape index (κ2) is 10.6. The van der Waals surface area contributed by atoms with Crippen LogP contribution in [0.2, 0.25) is 0 Å². The van der Waals surface area contributed by atoms with Gasteiger partial charge in [0.25, 0.3) is 0 Å². The molecule has 0 bridgehead atoms. The maximum atomic E-state index is 13.5. The van der Waals surface area contributed by atoms with Gasteiger partial charge >= 0.3 is 6.18 Å². The highest BCUT2D eigenvalue weighted by Crippen LogP contribution is 2.33. The Morgan fingerprint density at radius 1 is 0.971 bits per heavy atom. The van der Waals surface area contributed by atoms with Gasteiger partial charge in [-0.3, -0.25) is 9.69 Å². The fraction of sp³-hybridized carbons (Fsp3) is 0.320. The van der Waals surface area contributed by atoms with E-state index in [1.807, 2.05) is 18.2 Å². The van der Waals surface area contributed by atoms with E-state index in [-0.39, 0.29) is 16.8 Å². The van der Waals surface area contributed by atoms with Crippen LogP contribution < -0.4 is 0 Å². The normalized spacial score (nSPS) is 15.8. The molecule has 4 rings (SSSR count). The van der Waals surface area contributed by atoms with E-state index in [0.717, 1.165) is 37.5 Å². The van der Waals surface area contributed by atoms with Gasteiger partial charge < -0.3 is 4.90 Å². The average Bonchev–Trinajstić information content (AvgIpc) is 2.84. The number of hydrogen-bond acceptors (Lipinski definition) is 5. The summed E-state index contributed by atoms with van der Waals surface area (Å²) in [7, 11) is 0. The zero-order valence-corrected chi connectivity index (χ0v) is 19.5. The van der Waals surface area contributed by atoms with Crippen molar-refractivity contribution >= 4 is 17.7 Å². The van der Waals surface area contributed by atoms with Crippen LogP contribution >= 0.6 is 11.8 Å². The predicted octanol–water partition coefficient (Wildman–Crippen LogP) is 4.99. The lowest BCUT2D eigenvalue weighted by molar-refractivity contribution is -0.141. The van der Waals surface area contributed by atoms with E-state index in [0.29, 0.717) is 18.7 Å². The minimum Gasteiger partial charge on any atom is -0.339 e.